The number of carbonyl (C=O) groups is 3. The molecule has 0 spiro atoms. The minimum Gasteiger partial charge on any atom is -0.340 e. The molecule has 1 heterocycles. The van der Waals surface area contributed by atoms with Crippen LogP contribution in [0.3, 0.4) is 0 Å². The van der Waals surface area contributed by atoms with Crippen LogP contribution in [0, 0.1) is 0 Å². The molecule has 3 N–H and O–H groups in total. The van der Waals surface area contributed by atoms with Gasteiger partial charge in [-0.25, -0.2) is 28.1 Å². The highest BCUT2D eigenvalue weighted by Crippen LogP contribution is 1.89. The number of carbonyl (C=O) groups excluding carboxylic acids is 3. The van der Waals surface area contributed by atoms with E-state index in [2.05, 4.69) is 0 Å². The molecule has 0 saturated heterocycles. The van der Waals surface area contributed by atoms with Crippen LogP contribution in [0.1, 0.15) is 61.8 Å². The standard InChI is InChI=1S/C10H14N6O6.6CH4/c1-7(13-6-19)16-9(21)14(2-11-4-17)8(20)15(10(16)22)3-12-5-18;;;;;;/h4-7H,2-3H2,1H3,(H,11,17)(H,12,18)(H,13,19);6*1H4/i4T,5T,6T;;;;;;. The Hall–Kier alpha value is -3.18. The largest absolute Gasteiger partial charge is 0.340 e. The SMILES string of the molecule is C.C.C.C.C.C.[3H]C(=O)NCn1c(=O)n(CNC([3H])=O)c(=O)n(C(C)NC([3H])=O)c1=O. The molecule has 0 aliphatic heterocycles. The van der Waals surface area contributed by atoms with Gasteiger partial charge in [0.25, 0.3) is 0 Å². The highest BCUT2D eigenvalue weighted by Gasteiger charge is 2.18. The van der Waals surface area contributed by atoms with E-state index in [4.69, 9.17) is 4.11 Å². The minimum atomic E-state index is -1.33. The quantitative estimate of drug-likeness (QED) is 0.539. The Morgan fingerprint density at radius 2 is 1.14 bits per heavy atom. The minimum absolute atomic E-state index is 0. The zero-order chi connectivity index (χ0) is 19.3. The third-order valence-corrected chi connectivity index (χ3v) is 2.61. The van der Waals surface area contributed by atoms with Crippen LogP contribution < -0.4 is 33.0 Å². The van der Waals surface area contributed by atoms with Crippen molar-refractivity contribution in [2.24, 2.45) is 0 Å². The fourth-order valence-electron chi connectivity index (χ4n) is 1.63. The third kappa shape index (κ3) is 8.47. The predicted molar refractivity (Wildman–Crippen MR) is 112 cm³/mol. The lowest BCUT2D eigenvalue weighted by atomic mass is 10.5. The average Bonchev–Trinajstić information content (AvgIpc) is 2.45. The molecule has 12 heteroatoms. The predicted octanol–water partition coefficient (Wildman–Crippen LogP) is -0.340. The van der Waals surface area contributed by atoms with Crippen LogP contribution in [0.25, 0.3) is 0 Å². The number of rotatable bonds is 6. The number of nitrogens with one attached hydrogen (secondary N) is 3. The molecule has 1 aromatic heterocycles. The van der Waals surface area contributed by atoms with Crippen molar-refractivity contribution in [2.75, 3.05) is 0 Å². The van der Waals surface area contributed by atoms with Gasteiger partial charge in [0, 0.05) is 0 Å². The first-order chi connectivity index (χ1) is 11.6. The molecule has 168 valence electrons. The summed E-state index contributed by atoms with van der Waals surface area (Å²) in [4.78, 5) is 69.0. The van der Waals surface area contributed by atoms with Gasteiger partial charge < -0.3 is 16.0 Å². The second-order valence-electron chi connectivity index (χ2n) is 3.87. The molecule has 1 unspecified atom stereocenters. The highest BCUT2D eigenvalue weighted by molar-refractivity contribution is 5.46. The first-order valence-electron chi connectivity index (χ1n) is 7.28. The van der Waals surface area contributed by atoms with Gasteiger partial charge in [0.05, 0.1) is 0 Å². The number of amides is 3. The average molecular weight is 417 g/mol. The lowest BCUT2D eigenvalue weighted by Gasteiger charge is -2.17. The lowest BCUT2D eigenvalue weighted by Crippen LogP contribution is -2.58. The van der Waals surface area contributed by atoms with E-state index < -0.39 is 55.7 Å². The van der Waals surface area contributed by atoms with Crippen molar-refractivity contribution < 1.29 is 18.5 Å². The van der Waals surface area contributed by atoms with E-state index in [1.807, 2.05) is 16.0 Å². The second kappa shape index (κ2) is 18.6. The maximum Gasteiger partial charge on any atom is 0.339 e. The van der Waals surface area contributed by atoms with Crippen molar-refractivity contribution in [3.63, 3.8) is 0 Å². The van der Waals surface area contributed by atoms with Gasteiger partial charge in [-0.3, -0.25) is 14.4 Å². The molecule has 1 aromatic rings. The number of aromatic nitrogens is 3. The second-order valence-corrected chi connectivity index (χ2v) is 3.87. The normalized spacial score (nSPS) is 10.4. The zero-order valence-corrected chi connectivity index (χ0v) is 11.3. The molecule has 3 amide bonds. The van der Waals surface area contributed by atoms with E-state index in [9.17, 15) is 28.8 Å². The van der Waals surface area contributed by atoms with E-state index in [-0.39, 0.29) is 44.6 Å². The number of nitrogens with zero attached hydrogens (tertiary/aromatic N) is 3. The van der Waals surface area contributed by atoms with E-state index >= 15 is 0 Å². The fourth-order valence-corrected chi connectivity index (χ4v) is 1.63. The van der Waals surface area contributed by atoms with Crippen molar-refractivity contribution >= 4 is 19.2 Å². The van der Waals surface area contributed by atoms with E-state index in [0.29, 0.717) is 13.7 Å². The summed E-state index contributed by atoms with van der Waals surface area (Å²) >= 11 is 0. The Morgan fingerprint density at radius 3 is 1.43 bits per heavy atom. The summed E-state index contributed by atoms with van der Waals surface area (Å²) in [5.41, 5.74) is -3.67. The molecule has 0 aromatic carbocycles. The van der Waals surface area contributed by atoms with Gasteiger partial charge in [-0.2, -0.15) is 0 Å². The molecule has 0 aliphatic carbocycles. The van der Waals surface area contributed by atoms with Crippen molar-refractivity contribution in [3.05, 3.63) is 31.5 Å². The first-order valence-corrected chi connectivity index (χ1v) is 5.78. The van der Waals surface area contributed by atoms with Crippen LogP contribution in [0.5, 0.6) is 0 Å². The van der Waals surface area contributed by atoms with Gasteiger partial charge in [0.2, 0.25) is 19.2 Å². The molecule has 0 radical (unpaired) electrons. The zero-order valence-electron chi connectivity index (χ0n) is 14.3. The Bertz CT molecular complexity index is 824. The van der Waals surface area contributed by atoms with Crippen LogP contribution in [0.2, 0.25) is 0 Å². The van der Waals surface area contributed by atoms with E-state index in [1.165, 1.54) is 6.92 Å². The fraction of sp³-hybridized carbons (Fsp3) is 0.625. The van der Waals surface area contributed by atoms with Gasteiger partial charge in [0.1, 0.15) is 23.6 Å². The summed E-state index contributed by atoms with van der Waals surface area (Å²) in [6.07, 6.45) is -5.24. The Kier molecular flexibility index (Phi) is 19.7. The van der Waals surface area contributed by atoms with Crippen molar-refractivity contribution in [1.82, 2.24) is 29.7 Å². The Morgan fingerprint density at radius 1 is 0.786 bits per heavy atom. The molecule has 0 saturated carbocycles. The first kappa shape index (κ1) is 29.6. The van der Waals surface area contributed by atoms with Crippen LogP contribution >= 0.6 is 0 Å². The molecule has 0 aliphatic rings. The number of hydrogen-bond acceptors (Lipinski definition) is 6. The van der Waals surface area contributed by atoms with Crippen LogP contribution in [-0.2, 0) is 27.7 Å². The smallest absolute Gasteiger partial charge is 0.339 e. The Labute approximate surface area is 170 Å². The maximum atomic E-state index is 12.3. The molecule has 28 heavy (non-hydrogen) atoms. The van der Waals surface area contributed by atoms with Crippen LogP contribution in [0.4, 0.5) is 0 Å². The summed E-state index contributed by atoms with van der Waals surface area (Å²) in [6.45, 7) is -0.326. The van der Waals surface area contributed by atoms with Gasteiger partial charge in [-0.1, -0.05) is 44.6 Å². The van der Waals surface area contributed by atoms with Crippen molar-refractivity contribution in [2.45, 2.75) is 71.0 Å². The van der Waals surface area contributed by atoms with Gasteiger partial charge in [-0.15, -0.1) is 0 Å². The summed E-state index contributed by atoms with van der Waals surface area (Å²) in [6, 6.07) is 0. The number of hydrogen-bond donors (Lipinski definition) is 3. The molecule has 12 nitrogen and oxygen atoms in total. The summed E-state index contributed by atoms with van der Waals surface area (Å²) in [7, 11) is 0. The van der Waals surface area contributed by atoms with Crippen LogP contribution in [-0.4, -0.2) is 32.9 Å². The van der Waals surface area contributed by atoms with Crippen molar-refractivity contribution in [1.29, 1.82) is 0 Å². The molecular weight excluding hydrogens is 372 g/mol. The maximum absolute atomic E-state index is 12.3. The van der Waals surface area contributed by atoms with E-state index in [0.717, 1.165) is 0 Å². The highest BCUT2D eigenvalue weighted by atomic mass is 16.2. The molecule has 0 fully saturated rings. The molecule has 0 bridgehead atoms. The Balaban J connectivity index is -0.000000260. The summed E-state index contributed by atoms with van der Waals surface area (Å²) in [5, 5.41) is 5.71. The van der Waals surface area contributed by atoms with Crippen molar-refractivity contribution in [3.8, 4) is 0 Å². The van der Waals surface area contributed by atoms with Gasteiger partial charge in [-0.05, 0) is 6.92 Å². The monoisotopic (exact) mass is 416 g/mol. The topological polar surface area (TPSA) is 153 Å². The third-order valence-electron chi connectivity index (χ3n) is 2.61. The van der Waals surface area contributed by atoms with E-state index in [1.54, 1.807) is 0 Å². The molecular formula is C16H38N6O6. The molecule has 1 rings (SSSR count). The summed E-state index contributed by atoms with van der Waals surface area (Å²) < 4.78 is 21.4. The molecule has 1 atom stereocenters. The lowest BCUT2D eigenvalue weighted by molar-refractivity contribution is -0.111. The van der Waals surface area contributed by atoms with Crippen LogP contribution in [0.15, 0.2) is 14.4 Å². The van der Waals surface area contributed by atoms with Gasteiger partial charge >= 0.3 is 17.1 Å². The van der Waals surface area contributed by atoms with Gasteiger partial charge in [0.15, 0.2) is 0 Å². The summed E-state index contributed by atoms with van der Waals surface area (Å²) in [5.74, 6) is 0.